The lowest BCUT2D eigenvalue weighted by molar-refractivity contribution is 0.147. The molecule has 0 unspecified atom stereocenters. The van der Waals surface area contributed by atoms with Crippen LogP contribution in [-0.4, -0.2) is 85.5 Å². The minimum absolute atomic E-state index is 0.106. The number of likely N-dealkylation sites (N-methyl/N-ethyl adjacent to an activating group) is 1. The molecule has 0 aliphatic carbocycles. The molecule has 0 radical (unpaired) electrons. The maximum Gasteiger partial charge on any atom is 0.414 e. The van der Waals surface area contributed by atoms with Gasteiger partial charge in [-0.2, -0.15) is 4.98 Å². The predicted octanol–water partition coefficient (Wildman–Crippen LogP) is 4.12. The first kappa shape index (κ1) is 32.6. The topological polar surface area (TPSA) is 140 Å². The van der Waals surface area contributed by atoms with Crippen LogP contribution in [-0.2, 0) is 21.2 Å². The molecule has 0 saturated heterocycles. The number of pyridine rings is 2. The number of amides is 1. The summed E-state index contributed by atoms with van der Waals surface area (Å²) in [6.07, 6.45) is 3.39. The van der Waals surface area contributed by atoms with Gasteiger partial charge in [-0.1, -0.05) is 42.5 Å². The lowest BCUT2D eigenvalue weighted by Crippen LogP contribution is -2.44. The van der Waals surface area contributed by atoms with Crippen molar-refractivity contribution in [2.45, 2.75) is 18.7 Å². The number of aryl methyl sites for hydroxylation is 1. The second-order valence-electron chi connectivity index (χ2n) is 11.7. The van der Waals surface area contributed by atoms with E-state index in [-0.39, 0.29) is 31.0 Å². The van der Waals surface area contributed by atoms with Crippen molar-refractivity contribution >= 4 is 44.0 Å². The molecule has 0 N–H and O–H groups in total. The third-order valence-electron chi connectivity index (χ3n) is 7.84. The van der Waals surface area contributed by atoms with Gasteiger partial charge in [0, 0.05) is 43.5 Å². The number of hydrogen-bond acceptors (Lipinski definition) is 11. The Kier molecular flexibility index (Phi) is 9.11. The van der Waals surface area contributed by atoms with Crippen LogP contribution in [0, 0.1) is 6.92 Å². The maximum atomic E-state index is 14.5. The number of carbonyl (C=O) groups is 1. The number of benzene rings is 2. The maximum absolute atomic E-state index is 14.5. The van der Waals surface area contributed by atoms with E-state index in [4.69, 9.17) is 9.47 Å². The van der Waals surface area contributed by atoms with E-state index in [1.165, 1.54) is 17.0 Å². The Balaban J connectivity index is 1.42. The second-order valence-corrected chi connectivity index (χ2v) is 13.6. The number of fused-ring (bicyclic) bond motifs is 2. The number of sulfone groups is 1. The van der Waals surface area contributed by atoms with Crippen LogP contribution in [0.2, 0.25) is 0 Å². The summed E-state index contributed by atoms with van der Waals surface area (Å²) in [6.45, 7) is 3.66. The zero-order valence-electron chi connectivity index (χ0n) is 27.0. The smallest absolute Gasteiger partial charge is 0.414 e. The number of rotatable bonds is 9. The molecule has 14 heteroatoms. The van der Waals surface area contributed by atoms with E-state index in [1.807, 2.05) is 79.3 Å². The molecule has 3 aromatic heterocycles. The van der Waals surface area contributed by atoms with Crippen LogP contribution in [0.5, 0.6) is 5.88 Å². The van der Waals surface area contributed by atoms with E-state index in [9.17, 15) is 18.0 Å². The lowest BCUT2D eigenvalue weighted by atomic mass is 10.1. The molecular formula is C34H35N7O6S. The molecule has 1 aliphatic heterocycles. The van der Waals surface area contributed by atoms with Crippen LogP contribution in [0.1, 0.15) is 11.1 Å². The van der Waals surface area contributed by atoms with Gasteiger partial charge in [-0.3, -0.25) is 14.3 Å². The van der Waals surface area contributed by atoms with Gasteiger partial charge in [-0.25, -0.2) is 23.2 Å². The highest BCUT2D eigenvalue weighted by Gasteiger charge is 2.32. The summed E-state index contributed by atoms with van der Waals surface area (Å²) in [7, 11) is 0.0982. The van der Waals surface area contributed by atoms with Crippen molar-refractivity contribution in [1.82, 2.24) is 24.4 Å². The summed E-state index contributed by atoms with van der Waals surface area (Å²) >= 11 is 0. The van der Waals surface area contributed by atoms with Crippen LogP contribution in [0.4, 0.5) is 21.9 Å². The number of ether oxygens (including phenoxy) is 2. The van der Waals surface area contributed by atoms with Gasteiger partial charge in [0.15, 0.2) is 5.65 Å². The SMILES string of the molecule is Cc1cccc2c1N(C(=O)OCc1ccccc1)CCN2c1cc2cnc(S(C)(=O)=O)nc2n(-c2ccc(OCCN(C)C)nc2)c1=O. The number of hydrogen-bond donors (Lipinski definition) is 0. The van der Waals surface area contributed by atoms with Gasteiger partial charge >= 0.3 is 6.09 Å². The van der Waals surface area contributed by atoms with Crippen LogP contribution >= 0.6 is 0 Å². The Morgan fingerprint density at radius 1 is 0.958 bits per heavy atom. The summed E-state index contributed by atoms with van der Waals surface area (Å²) in [5.41, 5.74) is 3.24. The summed E-state index contributed by atoms with van der Waals surface area (Å²) < 4.78 is 37.5. The van der Waals surface area contributed by atoms with E-state index in [0.717, 1.165) is 17.4 Å². The van der Waals surface area contributed by atoms with Crippen LogP contribution in [0.3, 0.4) is 0 Å². The van der Waals surface area contributed by atoms with Crippen molar-refractivity contribution in [1.29, 1.82) is 0 Å². The van der Waals surface area contributed by atoms with Gasteiger partial charge < -0.3 is 19.3 Å². The van der Waals surface area contributed by atoms with Gasteiger partial charge in [0.25, 0.3) is 5.56 Å². The van der Waals surface area contributed by atoms with E-state index in [0.29, 0.717) is 41.5 Å². The Bertz CT molecular complexity index is 2140. The molecule has 1 aliphatic rings. The zero-order chi connectivity index (χ0) is 34.0. The molecule has 13 nitrogen and oxygen atoms in total. The molecule has 1 amide bonds. The molecule has 2 aromatic carbocycles. The molecule has 6 rings (SSSR count). The number of nitrogens with zero attached hydrogens (tertiary/aromatic N) is 7. The van der Waals surface area contributed by atoms with Gasteiger partial charge in [0.05, 0.1) is 23.3 Å². The fourth-order valence-electron chi connectivity index (χ4n) is 5.48. The van der Waals surface area contributed by atoms with E-state index < -0.39 is 26.6 Å². The summed E-state index contributed by atoms with van der Waals surface area (Å²) in [4.78, 5) is 46.1. The Hall–Kier alpha value is -5.34. The standard InChI is InChI=1S/C34H35N7O6S/c1-23-9-8-12-27-30(23)40(34(43)47-22-24-10-6-5-7-11-24)16-15-39(27)28-19-25-20-36-33(48(4,44)45)37-31(25)41(32(28)42)26-13-14-29(35-21-26)46-18-17-38(2)3/h5-14,19-21H,15-18,22H2,1-4H3. The van der Waals surface area contributed by atoms with Gasteiger partial charge in [0.1, 0.15) is 18.9 Å². The Labute approximate surface area is 277 Å². The number of carbonyl (C=O) groups excluding carboxylic acids is 1. The van der Waals surface area contributed by atoms with E-state index in [1.54, 1.807) is 23.1 Å². The van der Waals surface area contributed by atoms with E-state index >= 15 is 0 Å². The predicted molar refractivity (Wildman–Crippen MR) is 182 cm³/mol. The minimum atomic E-state index is -3.78. The van der Waals surface area contributed by atoms with Crippen molar-refractivity contribution in [3.63, 3.8) is 0 Å². The van der Waals surface area contributed by atoms with Gasteiger partial charge in [-0.15, -0.1) is 0 Å². The minimum Gasteiger partial charge on any atom is -0.476 e. The molecule has 0 bridgehead atoms. The Morgan fingerprint density at radius 2 is 1.75 bits per heavy atom. The fraction of sp³-hybridized carbons (Fsp3) is 0.265. The molecule has 0 saturated carbocycles. The third-order valence-corrected chi connectivity index (χ3v) is 8.70. The molecule has 4 heterocycles. The highest BCUT2D eigenvalue weighted by Crippen LogP contribution is 2.40. The molecule has 0 spiro atoms. The highest BCUT2D eigenvalue weighted by molar-refractivity contribution is 7.90. The first-order valence-electron chi connectivity index (χ1n) is 15.2. The normalized spacial score (nSPS) is 13.1. The van der Waals surface area contributed by atoms with Crippen molar-refractivity contribution in [2.75, 3.05) is 56.4 Å². The second kappa shape index (κ2) is 13.4. The largest absolute Gasteiger partial charge is 0.476 e. The number of aromatic nitrogens is 4. The molecule has 5 aromatic rings. The molecular weight excluding hydrogens is 634 g/mol. The van der Waals surface area contributed by atoms with Crippen molar-refractivity contribution < 1.29 is 22.7 Å². The number of para-hydroxylation sites is 1. The van der Waals surface area contributed by atoms with Crippen LogP contribution < -0.4 is 20.1 Å². The van der Waals surface area contributed by atoms with E-state index in [2.05, 4.69) is 15.0 Å². The van der Waals surface area contributed by atoms with Gasteiger partial charge in [0.2, 0.25) is 20.9 Å². The Morgan fingerprint density at radius 3 is 2.46 bits per heavy atom. The van der Waals surface area contributed by atoms with Crippen molar-refractivity contribution in [2.24, 2.45) is 0 Å². The van der Waals surface area contributed by atoms with Gasteiger partial charge in [-0.05, 0) is 50.3 Å². The lowest BCUT2D eigenvalue weighted by Gasteiger charge is -2.38. The zero-order valence-corrected chi connectivity index (χ0v) is 27.8. The average Bonchev–Trinajstić information content (AvgIpc) is 3.07. The average molecular weight is 670 g/mol. The summed E-state index contributed by atoms with van der Waals surface area (Å²) in [6, 6.07) is 20.0. The fourth-order valence-corrected chi connectivity index (χ4v) is 5.97. The van der Waals surface area contributed by atoms with Crippen LogP contribution in [0.15, 0.2) is 89.1 Å². The quantitative estimate of drug-likeness (QED) is 0.209. The summed E-state index contributed by atoms with van der Waals surface area (Å²) in [5.74, 6) is 0.375. The third kappa shape index (κ3) is 6.71. The first-order valence-corrected chi connectivity index (χ1v) is 17.1. The monoisotopic (exact) mass is 669 g/mol. The highest BCUT2D eigenvalue weighted by atomic mass is 32.2. The molecule has 0 atom stereocenters. The molecule has 248 valence electrons. The number of anilines is 3. The van der Waals surface area contributed by atoms with Crippen molar-refractivity contribution in [3.8, 4) is 11.6 Å². The first-order chi connectivity index (χ1) is 23.0. The summed E-state index contributed by atoms with van der Waals surface area (Å²) in [5, 5.41) is 0.0262. The van der Waals surface area contributed by atoms with Crippen molar-refractivity contribution in [3.05, 3.63) is 101 Å². The molecule has 48 heavy (non-hydrogen) atoms. The molecule has 0 fully saturated rings. The van der Waals surface area contributed by atoms with Crippen LogP contribution in [0.25, 0.3) is 16.7 Å².